The Morgan fingerprint density at radius 2 is 2.00 bits per heavy atom. The van der Waals surface area contributed by atoms with Gasteiger partial charge in [0.1, 0.15) is 11.3 Å². The molecule has 0 amide bonds. The molecule has 0 spiro atoms. The molecule has 0 bridgehead atoms. The Hall–Kier alpha value is -2.11. The van der Waals surface area contributed by atoms with Crippen molar-refractivity contribution >= 4 is 11.0 Å². The summed E-state index contributed by atoms with van der Waals surface area (Å²) in [5, 5.41) is 12.0. The summed E-state index contributed by atoms with van der Waals surface area (Å²) in [5.74, 6) is -1.17. The maximum Gasteiger partial charge on any atom is 0.344 e. The van der Waals surface area contributed by atoms with E-state index in [-0.39, 0.29) is 6.42 Å². The summed E-state index contributed by atoms with van der Waals surface area (Å²) in [6.07, 6.45) is 1.38. The van der Waals surface area contributed by atoms with Gasteiger partial charge in [0.05, 0.1) is 16.6 Å². The largest absolute Gasteiger partial charge is 0.458 e. The molecule has 2 aliphatic rings. The number of hydrogen-bond donors (Lipinski definition) is 1. The average molecular weight is 342 g/mol. The van der Waals surface area contributed by atoms with E-state index in [9.17, 15) is 9.90 Å². The average Bonchev–Trinajstić information content (AvgIpc) is 3.16. The van der Waals surface area contributed by atoms with E-state index in [1.807, 2.05) is 39.8 Å². The van der Waals surface area contributed by atoms with E-state index >= 15 is 0 Å². The lowest BCUT2D eigenvalue weighted by Crippen LogP contribution is -2.53. The number of rotatable bonds is 2. The van der Waals surface area contributed by atoms with Gasteiger partial charge < -0.3 is 19.0 Å². The normalized spacial score (nSPS) is 32.8. The molecule has 1 fully saturated rings. The Bertz CT molecular complexity index is 956. The molecular weight excluding hydrogens is 320 g/mol. The van der Waals surface area contributed by atoms with E-state index in [1.54, 1.807) is 12.1 Å². The lowest BCUT2D eigenvalue weighted by atomic mass is 9.73. The number of allylic oxidation sites excluding steroid dienone is 1. The van der Waals surface area contributed by atoms with Gasteiger partial charge >= 0.3 is 5.63 Å². The highest BCUT2D eigenvalue weighted by Crippen LogP contribution is 2.53. The smallest absolute Gasteiger partial charge is 0.344 e. The van der Waals surface area contributed by atoms with Crippen molar-refractivity contribution in [2.75, 3.05) is 0 Å². The molecule has 3 atom stereocenters. The molecule has 0 radical (unpaired) electrons. The Morgan fingerprint density at radius 1 is 1.32 bits per heavy atom. The van der Waals surface area contributed by atoms with Crippen LogP contribution in [0.2, 0.25) is 0 Å². The molecule has 2 aromatic rings. The zero-order valence-corrected chi connectivity index (χ0v) is 14.9. The van der Waals surface area contributed by atoms with Crippen molar-refractivity contribution in [1.29, 1.82) is 0 Å². The van der Waals surface area contributed by atoms with Crippen LogP contribution >= 0.6 is 0 Å². The summed E-state index contributed by atoms with van der Waals surface area (Å²) in [6, 6.07) is 5.47. The minimum atomic E-state index is -1.54. The fourth-order valence-electron chi connectivity index (χ4n) is 4.03. The van der Waals surface area contributed by atoms with Crippen LogP contribution in [0.3, 0.4) is 0 Å². The summed E-state index contributed by atoms with van der Waals surface area (Å²) < 4.78 is 17.3. The Morgan fingerprint density at radius 3 is 2.60 bits per heavy atom. The molecule has 25 heavy (non-hydrogen) atoms. The van der Waals surface area contributed by atoms with Crippen LogP contribution in [-0.4, -0.2) is 22.6 Å². The Balaban J connectivity index is 2.04. The predicted octanol–water partition coefficient (Wildman–Crippen LogP) is 3.19. The molecule has 1 aromatic carbocycles. The third kappa shape index (κ3) is 2.19. The maximum atomic E-state index is 12.7. The molecule has 1 saturated heterocycles. The van der Waals surface area contributed by atoms with E-state index in [0.717, 1.165) is 5.56 Å². The number of benzene rings is 1. The number of aliphatic hydroxyl groups is 1. The van der Waals surface area contributed by atoms with Crippen molar-refractivity contribution in [2.24, 2.45) is 0 Å². The number of aryl methyl sites for hydroxylation is 1. The van der Waals surface area contributed by atoms with E-state index < -0.39 is 28.5 Å². The molecule has 0 saturated carbocycles. The lowest BCUT2D eigenvalue weighted by Gasteiger charge is -2.42. The van der Waals surface area contributed by atoms with Gasteiger partial charge in [0.15, 0.2) is 6.10 Å². The standard InChI is InChI=1S/C20H22O5/c1-6-19(5)10-20(22,17-18(3,4)25-17)24-15-13-11(2)8-7-9-12(13)23-16(21)14(15)19/h6-9,17,22H,1,10H2,2-5H3/t17-,19-,20-/m1/s1. The quantitative estimate of drug-likeness (QED) is 0.515. The van der Waals surface area contributed by atoms with Crippen LogP contribution in [0, 0.1) is 6.92 Å². The van der Waals surface area contributed by atoms with Crippen molar-refractivity contribution in [1.82, 2.24) is 0 Å². The van der Waals surface area contributed by atoms with Crippen molar-refractivity contribution in [3.8, 4) is 5.75 Å². The van der Waals surface area contributed by atoms with E-state index in [2.05, 4.69) is 6.58 Å². The second kappa shape index (κ2) is 4.74. The van der Waals surface area contributed by atoms with Crippen molar-refractivity contribution in [3.63, 3.8) is 0 Å². The van der Waals surface area contributed by atoms with Crippen molar-refractivity contribution in [3.05, 3.63) is 52.4 Å². The van der Waals surface area contributed by atoms with Gasteiger partial charge in [-0.3, -0.25) is 0 Å². The van der Waals surface area contributed by atoms with Gasteiger partial charge in [-0.15, -0.1) is 6.58 Å². The van der Waals surface area contributed by atoms with Crippen LogP contribution in [0.15, 0.2) is 40.1 Å². The van der Waals surface area contributed by atoms with Crippen molar-refractivity contribution in [2.45, 2.75) is 57.0 Å². The highest BCUT2D eigenvalue weighted by Gasteiger charge is 2.65. The number of hydrogen-bond acceptors (Lipinski definition) is 5. The first kappa shape index (κ1) is 16.4. The molecule has 3 heterocycles. The summed E-state index contributed by atoms with van der Waals surface area (Å²) in [5.41, 5.74) is 0.0144. The van der Waals surface area contributed by atoms with Crippen LogP contribution in [0.5, 0.6) is 5.75 Å². The molecule has 5 nitrogen and oxygen atoms in total. The zero-order valence-electron chi connectivity index (χ0n) is 14.9. The third-order valence-electron chi connectivity index (χ3n) is 5.42. The van der Waals surface area contributed by atoms with E-state index in [4.69, 9.17) is 13.9 Å². The zero-order chi connectivity index (χ0) is 18.2. The first-order chi connectivity index (χ1) is 11.6. The van der Waals surface area contributed by atoms with Gasteiger partial charge in [-0.1, -0.05) is 25.1 Å². The van der Waals surface area contributed by atoms with Crippen LogP contribution < -0.4 is 10.4 Å². The minimum Gasteiger partial charge on any atom is -0.458 e. The first-order valence-electron chi connectivity index (χ1n) is 8.41. The Labute approximate surface area is 145 Å². The van der Waals surface area contributed by atoms with Crippen LogP contribution in [0.1, 0.15) is 38.3 Å². The van der Waals surface area contributed by atoms with E-state index in [1.165, 1.54) is 0 Å². The summed E-state index contributed by atoms with van der Waals surface area (Å²) in [7, 11) is 0. The van der Waals surface area contributed by atoms with Gasteiger partial charge in [-0.25, -0.2) is 4.79 Å². The topological polar surface area (TPSA) is 72.2 Å². The molecule has 1 aromatic heterocycles. The van der Waals surface area contributed by atoms with Gasteiger partial charge in [0.2, 0.25) is 5.79 Å². The molecule has 0 unspecified atom stereocenters. The fraction of sp³-hybridized carbons (Fsp3) is 0.450. The summed E-state index contributed by atoms with van der Waals surface area (Å²) in [4.78, 5) is 12.7. The first-order valence-corrected chi connectivity index (χ1v) is 8.41. The lowest BCUT2D eigenvalue weighted by molar-refractivity contribution is -0.175. The SMILES string of the molecule is C=C[C@]1(C)C[C@](O)([C@@H]2OC2(C)C)Oc2c1c(=O)oc1cccc(C)c21. The highest BCUT2D eigenvalue weighted by atomic mass is 16.7. The molecule has 4 rings (SSSR count). The second-order valence-corrected chi connectivity index (χ2v) is 7.89. The fourth-order valence-corrected chi connectivity index (χ4v) is 4.03. The molecular formula is C20H22O5. The third-order valence-corrected chi connectivity index (χ3v) is 5.42. The van der Waals surface area contributed by atoms with Crippen LogP contribution in [0.4, 0.5) is 0 Å². The second-order valence-electron chi connectivity index (χ2n) is 7.89. The minimum absolute atomic E-state index is 0.173. The molecule has 0 aliphatic carbocycles. The van der Waals surface area contributed by atoms with Crippen molar-refractivity contribution < 1.29 is 19.0 Å². The van der Waals surface area contributed by atoms with Gasteiger partial charge in [0.25, 0.3) is 0 Å². The monoisotopic (exact) mass is 342 g/mol. The van der Waals surface area contributed by atoms with Crippen LogP contribution in [0.25, 0.3) is 11.0 Å². The molecule has 1 N–H and O–H groups in total. The predicted molar refractivity (Wildman–Crippen MR) is 93.9 cm³/mol. The summed E-state index contributed by atoms with van der Waals surface area (Å²) in [6.45, 7) is 11.5. The summed E-state index contributed by atoms with van der Waals surface area (Å²) >= 11 is 0. The van der Waals surface area contributed by atoms with Crippen LogP contribution in [-0.2, 0) is 10.2 Å². The van der Waals surface area contributed by atoms with Gasteiger partial charge in [-0.05, 0) is 32.4 Å². The van der Waals surface area contributed by atoms with E-state index in [0.29, 0.717) is 22.3 Å². The maximum absolute atomic E-state index is 12.7. The Kier molecular flexibility index (Phi) is 3.10. The molecule has 132 valence electrons. The molecule has 2 aliphatic heterocycles. The highest BCUT2D eigenvalue weighted by molar-refractivity contribution is 5.88. The van der Waals surface area contributed by atoms with Gasteiger partial charge in [0, 0.05) is 11.8 Å². The number of epoxide rings is 1. The number of ether oxygens (including phenoxy) is 2. The molecule has 5 heteroatoms. The number of fused-ring (bicyclic) bond motifs is 3. The van der Waals surface area contributed by atoms with Gasteiger partial charge in [-0.2, -0.15) is 0 Å².